The Morgan fingerprint density at radius 3 is 2.59 bits per heavy atom. The summed E-state index contributed by atoms with van der Waals surface area (Å²) in [6.07, 6.45) is -1.78. The Bertz CT molecular complexity index is 837. The molecule has 0 radical (unpaired) electrons. The van der Waals surface area contributed by atoms with Crippen molar-refractivity contribution in [2.45, 2.75) is 19.9 Å². The van der Waals surface area contributed by atoms with E-state index in [0.29, 0.717) is 40.1 Å². The number of carbonyl (C=O) groups excluding carboxylic acids is 1. The second-order valence-electron chi connectivity index (χ2n) is 6.26. The second kappa shape index (κ2) is 9.23. The monoisotopic (exact) mass is 377 g/mol. The molecular formula is C20H22F3N3O. The Labute approximate surface area is 156 Å². The molecule has 0 aliphatic heterocycles. The quantitative estimate of drug-likeness (QED) is 0.680. The number of allylic oxidation sites excluding steroid dienone is 1. The van der Waals surface area contributed by atoms with E-state index in [-0.39, 0.29) is 6.54 Å². The minimum Gasteiger partial charge on any atom is -0.397 e. The number of rotatable bonds is 8. The third-order valence-electron chi connectivity index (χ3n) is 4.07. The van der Waals surface area contributed by atoms with Crippen LogP contribution in [0.4, 0.5) is 18.9 Å². The zero-order chi connectivity index (χ0) is 20.0. The Balaban J connectivity index is 2.29. The normalized spacial score (nSPS) is 12.3. The minimum absolute atomic E-state index is 0.180. The van der Waals surface area contributed by atoms with Crippen LogP contribution in [0.5, 0.6) is 0 Å². The molecule has 2 rings (SSSR count). The van der Waals surface area contributed by atoms with Gasteiger partial charge in [-0.05, 0) is 43.3 Å². The van der Waals surface area contributed by atoms with Crippen molar-refractivity contribution in [2.75, 3.05) is 18.9 Å². The number of alkyl halides is 2. The van der Waals surface area contributed by atoms with E-state index in [1.807, 2.05) is 0 Å². The number of nitrogens with one attached hydrogen (secondary N) is 1. The van der Waals surface area contributed by atoms with Crippen LogP contribution < -0.4 is 11.1 Å². The predicted molar refractivity (Wildman–Crippen MR) is 101 cm³/mol. The smallest absolute Gasteiger partial charge is 0.251 e. The fourth-order valence-corrected chi connectivity index (χ4v) is 2.66. The van der Waals surface area contributed by atoms with E-state index in [9.17, 15) is 18.0 Å². The number of benzene rings is 2. The summed E-state index contributed by atoms with van der Waals surface area (Å²) in [6.45, 7) is 1.49. The maximum absolute atomic E-state index is 13.8. The van der Waals surface area contributed by atoms with Crippen molar-refractivity contribution >= 4 is 17.7 Å². The van der Waals surface area contributed by atoms with Crippen LogP contribution in [0.25, 0.3) is 5.70 Å². The lowest BCUT2D eigenvalue weighted by Crippen LogP contribution is -2.24. The molecule has 2 aromatic carbocycles. The molecule has 0 amide bonds. The summed E-state index contributed by atoms with van der Waals surface area (Å²) in [5.74, 6) is -0.407. The van der Waals surface area contributed by atoms with Crippen LogP contribution >= 0.6 is 0 Å². The van der Waals surface area contributed by atoms with Gasteiger partial charge in [0.2, 0.25) is 0 Å². The molecule has 0 unspecified atom stereocenters. The molecule has 3 N–H and O–H groups in total. The summed E-state index contributed by atoms with van der Waals surface area (Å²) in [4.78, 5) is 12.7. The summed E-state index contributed by atoms with van der Waals surface area (Å²) >= 11 is 0. The van der Waals surface area contributed by atoms with Gasteiger partial charge >= 0.3 is 0 Å². The van der Waals surface area contributed by atoms with E-state index in [4.69, 9.17) is 5.73 Å². The van der Waals surface area contributed by atoms with Crippen LogP contribution in [0.2, 0.25) is 0 Å². The van der Waals surface area contributed by atoms with E-state index < -0.39 is 18.8 Å². The highest BCUT2D eigenvalue weighted by molar-refractivity contribution is 5.79. The molecule has 0 saturated carbocycles. The average molecular weight is 377 g/mol. The summed E-state index contributed by atoms with van der Waals surface area (Å²) < 4.78 is 38.9. The molecule has 27 heavy (non-hydrogen) atoms. The molecule has 0 bridgehead atoms. The van der Waals surface area contributed by atoms with Gasteiger partial charge in [0.1, 0.15) is 12.1 Å². The topological polar surface area (TPSA) is 58.4 Å². The van der Waals surface area contributed by atoms with Crippen molar-refractivity contribution in [1.82, 2.24) is 4.90 Å². The van der Waals surface area contributed by atoms with Gasteiger partial charge in [-0.15, -0.1) is 0 Å². The van der Waals surface area contributed by atoms with Crippen molar-refractivity contribution in [3.63, 3.8) is 0 Å². The van der Waals surface area contributed by atoms with Crippen LogP contribution in [0.1, 0.15) is 28.4 Å². The molecule has 0 aliphatic carbocycles. The molecule has 4 nitrogen and oxygen atoms in total. The number of para-hydroxylation sites is 1. The van der Waals surface area contributed by atoms with E-state index in [1.54, 1.807) is 50.4 Å². The molecule has 7 heteroatoms. The zero-order valence-corrected chi connectivity index (χ0v) is 15.2. The fraction of sp³-hybridized carbons (Fsp3) is 0.250. The van der Waals surface area contributed by atoms with Gasteiger partial charge in [-0.3, -0.25) is 9.69 Å². The first-order chi connectivity index (χ1) is 12.8. The number of nitrogens with zero attached hydrogens (tertiary/aromatic N) is 1. The number of aldehydes is 1. The highest BCUT2D eigenvalue weighted by atomic mass is 19.3. The number of hydrogen-bond donors (Lipinski definition) is 2. The molecule has 2 aromatic rings. The van der Waals surface area contributed by atoms with Crippen molar-refractivity contribution in [2.24, 2.45) is 5.73 Å². The molecule has 0 spiro atoms. The van der Waals surface area contributed by atoms with Crippen LogP contribution in [0, 0.1) is 5.82 Å². The third-order valence-corrected chi connectivity index (χ3v) is 4.07. The Kier molecular flexibility index (Phi) is 7.01. The van der Waals surface area contributed by atoms with Crippen molar-refractivity contribution in [3.8, 4) is 0 Å². The van der Waals surface area contributed by atoms with Crippen molar-refractivity contribution in [3.05, 3.63) is 70.7 Å². The Morgan fingerprint density at radius 2 is 1.96 bits per heavy atom. The predicted octanol–water partition coefficient (Wildman–Crippen LogP) is 4.09. The number of hydrogen-bond acceptors (Lipinski definition) is 4. The van der Waals surface area contributed by atoms with Crippen LogP contribution in [0.15, 0.2) is 48.2 Å². The van der Waals surface area contributed by atoms with Crippen molar-refractivity contribution < 1.29 is 18.0 Å². The fourth-order valence-electron chi connectivity index (χ4n) is 2.66. The SMILES string of the molecule is C/C(Nc1ccccc1F)=C(/N)c1ccc(C=O)c(CN(C)CC(F)F)c1. The van der Waals surface area contributed by atoms with E-state index in [0.717, 1.165) is 0 Å². The maximum atomic E-state index is 13.8. The highest BCUT2D eigenvalue weighted by Crippen LogP contribution is 2.21. The van der Waals surface area contributed by atoms with Gasteiger partial charge in [0, 0.05) is 17.8 Å². The summed E-state index contributed by atoms with van der Waals surface area (Å²) in [6, 6.07) is 11.2. The zero-order valence-electron chi connectivity index (χ0n) is 15.2. The summed E-state index contributed by atoms with van der Waals surface area (Å²) in [5, 5.41) is 2.92. The first-order valence-electron chi connectivity index (χ1n) is 8.35. The molecule has 0 fully saturated rings. The van der Waals surface area contributed by atoms with Gasteiger partial charge < -0.3 is 11.1 Å². The van der Waals surface area contributed by atoms with Crippen LogP contribution in [-0.4, -0.2) is 31.2 Å². The maximum Gasteiger partial charge on any atom is 0.251 e. The van der Waals surface area contributed by atoms with Crippen molar-refractivity contribution in [1.29, 1.82) is 0 Å². The summed E-state index contributed by atoms with van der Waals surface area (Å²) in [7, 11) is 1.55. The molecule has 0 aliphatic rings. The summed E-state index contributed by atoms with van der Waals surface area (Å²) in [5.41, 5.74) is 8.99. The van der Waals surface area contributed by atoms with Crippen LogP contribution in [0.3, 0.4) is 0 Å². The largest absolute Gasteiger partial charge is 0.397 e. The molecular weight excluding hydrogens is 355 g/mol. The minimum atomic E-state index is -2.46. The van der Waals surface area contributed by atoms with Gasteiger partial charge in [0.15, 0.2) is 0 Å². The number of halogens is 3. The lowest BCUT2D eigenvalue weighted by Gasteiger charge is -2.18. The van der Waals surface area contributed by atoms with E-state index >= 15 is 0 Å². The van der Waals surface area contributed by atoms with Gasteiger partial charge in [0.05, 0.1) is 17.9 Å². The number of nitrogens with two attached hydrogens (primary N) is 1. The Hall–Kier alpha value is -2.80. The first-order valence-corrected chi connectivity index (χ1v) is 8.35. The Morgan fingerprint density at radius 1 is 1.26 bits per heavy atom. The molecule has 0 heterocycles. The molecule has 0 atom stereocenters. The lowest BCUT2D eigenvalue weighted by molar-refractivity contribution is 0.0973. The first kappa shape index (κ1) is 20.5. The lowest BCUT2D eigenvalue weighted by atomic mass is 10.0. The van der Waals surface area contributed by atoms with E-state index in [2.05, 4.69) is 5.32 Å². The third kappa shape index (κ3) is 5.59. The van der Waals surface area contributed by atoms with Crippen LogP contribution in [-0.2, 0) is 6.54 Å². The van der Waals surface area contributed by atoms with Gasteiger partial charge in [-0.25, -0.2) is 13.2 Å². The van der Waals surface area contributed by atoms with Gasteiger partial charge in [-0.2, -0.15) is 0 Å². The number of carbonyl (C=O) groups is 1. The molecule has 0 aromatic heterocycles. The van der Waals surface area contributed by atoms with E-state index in [1.165, 1.54) is 11.0 Å². The molecule has 0 saturated heterocycles. The standard InChI is InChI=1S/C20H22F3N3O/c1-13(25-18-6-4-3-5-17(18)21)20(24)14-7-8-15(12-27)16(9-14)10-26(2)11-19(22)23/h3-9,12,19,25H,10-11,24H2,1-2H3/b20-13-. The second-order valence-corrected chi connectivity index (χ2v) is 6.26. The van der Waals surface area contributed by atoms with Gasteiger partial charge in [-0.1, -0.05) is 24.3 Å². The highest BCUT2D eigenvalue weighted by Gasteiger charge is 2.13. The average Bonchev–Trinajstić information content (AvgIpc) is 2.62. The number of anilines is 1. The molecule has 144 valence electrons. The van der Waals surface area contributed by atoms with Gasteiger partial charge in [0.25, 0.3) is 6.43 Å².